The number of pyridine rings is 1. The smallest absolute Gasteiger partial charge is 0.372 e. The van der Waals surface area contributed by atoms with Crippen molar-refractivity contribution in [3.63, 3.8) is 0 Å². The largest absolute Gasteiger partial charge is 0.456 e. The molecule has 30 heavy (non-hydrogen) atoms. The van der Waals surface area contributed by atoms with E-state index >= 15 is 0 Å². The molecule has 0 N–H and O–H groups in total. The van der Waals surface area contributed by atoms with Crippen LogP contribution in [0.15, 0.2) is 42.6 Å². The molecule has 1 unspecified atom stereocenters. The van der Waals surface area contributed by atoms with E-state index in [0.717, 1.165) is 26.4 Å². The van der Waals surface area contributed by atoms with Gasteiger partial charge in [0, 0.05) is 6.20 Å². The molecule has 1 aromatic heterocycles. The summed E-state index contributed by atoms with van der Waals surface area (Å²) in [6.07, 6.45) is -2.56. The van der Waals surface area contributed by atoms with Crippen LogP contribution in [0.1, 0.15) is 70.1 Å². The molecule has 170 valence electrons. The molecule has 0 bridgehead atoms. The molecule has 0 aliphatic heterocycles. The highest BCUT2D eigenvalue weighted by atomic mass is 31.1. The van der Waals surface area contributed by atoms with E-state index < -0.39 is 17.7 Å². The highest BCUT2D eigenvalue weighted by molar-refractivity contribution is 7.47. The van der Waals surface area contributed by atoms with Crippen molar-refractivity contribution in [2.75, 3.05) is 6.16 Å². The minimum Gasteiger partial charge on any atom is -0.372 e. The van der Waals surface area contributed by atoms with Gasteiger partial charge in [-0.15, -0.1) is 0 Å². The number of hydrogen-bond acceptors (Lipinski definition) is 3. The van der Waals surface area contributed by atoms with Gasteiger partial charge in [-0.3, -0.25) is 9.78 Å². The summed E-state index contributed by atoms with van der Waals surface area (Å²) < 4.78 is 42.4. The molecule has 0 fully saturated rings. The summed E-state index contributed by atoms with van der Waals surface area (Å²) in [5.74, 6) is -1.94. The first-order valence-corrected chi connectivity index (χ1v) is 11.6. The number of alkyl halides is 3. The fourth-order valence-corrected chi connectivity index (χ4v) is 2.81. The van der Waals surface area contributed by atoms with Crippen LogP contribution in [0, 0.1) is 0 Å². The van der Waals surface area contributed by atoms with Crippen LogP contribution in [-0.4, -0.2) is 23.1 Å². The van der Waals surface area contributed by atoms with Gasteiger partial charge in [0.2, 0.25) is 0 Å². The van der Waals surface area contributed by atoms with E-state index in [2.05, 4.69) is 24.0 Å². The maximum absolute atomic E-state index is 12.3. The molecule has 0 saturated heterocycles. The van der Waals surface area contributed by atoms with Crippen molar-refractivity contribution in [1.82, 2.24) is 4.98 Å². The van der Waals surface area contributed by atoms with Crippen LogP contribution in [0.2, 0.25) is 0 Å². The second-order valence-electron chi connectivity index (χ2n) is 5.10. The second kappa shape index (κ2) is 18.0. The molecular weight excluding hydrogens is 410 g/mol. The maximum atomic E-state index is 12.3. The zero-order valence-electron chi connectivity index (χ0n) is 19.1. The number of benzene rings is 1. The van der Waals surface area contributed by atoms with Crippen molar-refractivity contribution in [1.29, 1.82) is 0 Å². The van der Waals surface area contributed by atoms with E-state index in [1.165, 1.54) is 17.6 Å². The Balaban J connectivity index is 0. The second-order valence-corrected chi connectivity index (χ2v) is 6.74. The number of nitrogens with zero attached hydrogens (tertiary/aromatic N) is 1. The van der Waals surface area contributed by atoms with Crippen LogP contribution < -0.4 is 5.30 Å². The van der Waals surface area contributed by atoms with Crippen LogP contribution in [0.5, 0.6) is 0 Å². The molecule has 0 radical (unpaired) electrons. The lowest BCUT2D eigenvalue weighted by atomic mass is 10.2. The van der Waals surface area contributed by atoms with Crippen LogP contribution in [0.4, 0.5) is 13.2 Å². The van der Waals surface area contributed by atoms with Crippen LogP contribution >= 0.6 is 8.58 Å². The zero-order chi connectivity index (χ0) is 23.6. The number of carbonyl (C=O) groups is 1. The minimum atomic E-state index is -4.91. The normalized spacial score (nSPS) is 10.2. The molecule has 1 heterocycles. The number of aromatic nitrogens is 1. The molecule has 2 rings (SSSR count). The molecule has 0 saturated carbocycles. The Kier molecular flexibility index (Phi) is 18.3. The molecule has 7 heteroatoms. The van der Waals surface area contributed by atoms with E-state index in [4.69, 9.17) is 4.74 Å². The van der Waals surface area contributed by atoms with E-state index in [9.17, 15) is 18.0 Å². The molecule has 0 amide bonds. The Morgan fingerprint density at radius 2 is 1.40 bits per heavy atom. The lowest BCUT2D eigenvalue weighted by Crippen LogP contribution is -2.23. The maximum Gasteiger partial charge on any atom is 0.456 e. The highest BCUT2D eigenvalue weighted by Crippen LogP contribution is 2.20. The Morgan fingerprint density at radius 1 is 0.900 bits per heavy atom. The summed E-state index contributed by atoms with van der Waals surface area (Å²) in [5, 5.41) is 1.30. The molecule has 0 spiro atoms. The molecule has 2 aromatic rings. The van der Waals surface area contributed by atoms with E-state index in [-0.39, 0.29) is 6.61 Å². The number of hydrogen-bond donors (Lipinski definition) is 0. The number of ketones is 1. The van der Waals surface area contributed by atoms with E-state index in [0.29, 0.717) is 12.2 Å². The average Bonchev–Trinajstić information content (AvgIpc) is 2.79. The lowest BCUT2D eigenvalue weighted by molar-refractivity contribution is -0.0888. The Labute approximate surface area is 181 Å². The van der Waals surface area contributed by atoms with Gasteiger partial charge in [-0.05, 0) is 28.7 Å². The van der Waals surface area contributed by atoms with Crippen LogP contribution in [0.25, 0.3) is 0 Å². The Bertz CT molecular complexity index is 672. The monoisotopic (exact) mass is 445 g/mol. The third-order valence-corrected chi connectivity index (χ3v) is 4.28. The van der Waals surface area contributed by atoms with Gasteiger partial charge >= 0.3 is 6.18 Å². The molecule has 0 aliphatic rings. The first-order chi connectivity index (χ1) is 14.4. The van der Waals surface area contributed by atoms with Crippen molar-refractivity contribution in [2.45, 2.75) is 67.9 Å². The highest BCUT2D eigenvalue weighted by Gasteiger charge is 2.40. The molecule has 3 nitrogen and oxygen atoms in total. The third kappa shape index (κ3) is 12.0. The van der Waals surface area contributed by atoms with E-state index in [1.54, 1.807) is 0 Å². The number of Topliss-reactive ketones (excluding diaryl/α,β-unsaturated/α-hetero) is 1. The fourth-order valence-electron chi connectivity index (χ4n) is 2.00. The predicted molar refractivity (Wildman–Crippen MR) is 122 cm³/mol. The number of carbonyl (C=O) groups excluding carboxylic acids is 1. The topological polar surface area (TPSA) is 39.2 Å². The van der Waals surface area contributed by atoms with E-state index in [1.807, 2.05) is 53.7 Å². The first kappa shape index (κ1) is 30.4. The summed E-state index contributed by atoms with van der Waals surface area (Å²) in [7, 11) is 0.799. The summed E-state index contributed by atoms with van der Waals surface area (Å²) in [5.41, 5.74) is 1.02. The summed E-state index contributed by atoms with van der Waals surface area (Å²) >= 11 is 0. The predicted octanol–water partition coefficient (Wildman–Crippen LogP) is 6.95. The van der Waals surface area contributed by atoms with Crippen molar-refractivity contribution in [2.24, 2.45) is 0 Å². The lowest BCUT2D eigenvalue weighted by Gasteiger charge is -2.07. The van der Waals surface area contributed by atoms with Gasteiger partial charge in [0.25, 0.3) is 5.78 Å². The van der Waals surface area contributed by atoms with Crippen molar-refractivity contribution in [3.05, 3.63) is 59.4 Å². The molecule has 1 aromatic carbocycles. The fraction of sp³-hybridized carbons (Fsp3) is 0.478. The zero-order valence-corrected chi connectivity index (χ0v) is 20.1. The first-order valence-electron chi connectivity index (χ1n) is 10.4. The van der Waals surface area contributed by atoms with Gasteiger partial charge in [0.1, 0.15) is 5.69 Å². The average molecular weight is 446 g/mol. The van der Waals surface area contributed by atoms with Crippen molar-refractivity contribution < 1.29 is 22.7 Å². The Hall–Kier alpha value is -1.78. The van der Waals surface area contributed by atoms with Crippen molar-refractivity contribution >= 4 is 19.7 Å². The van der Waals surface area contributed by atoms with Gasteiger partial charge in [0.05, 0.1) is 13.2 Å². The molecular formula is C23H35F3NO2P. The minimum absolute atomic E-state index is 0.214. The SMILES string of the molecule is CC.CC.CC.CCPc1ccc(COCc2ccc(C(=O)C(F)(F)F)nc2)cc1. The van der Waals surface area contributed by atoms with Gasteiger partial charge in [0.15, 0.2) is 0 Å². The van der Waals surface area contributed by atoms with Gasteiger partial charge in [-0.2, -0.15) is 13.2 Å². The number of ether oxygens (including phenoxy) is 1. The summed E-state index contributed by atoms with van der Waals surface area (Å²) in [6.45, 7) is 14.8. The number of halogens is 3. The molecule has 0 aliphatic carbocycles. The van der Waals surface area contributed by atoms with Gasteiger partial charge in [-0.1, -0.05) is 87.4 Å². The molecule has 1 atom stereocenters. The standard InChI is InChI=1S/C17H17F3NO2P.3C2H6/c1-2-24-14-6-3-12(4-7-14)10-23-11-13-5-8-15(21-9-13)16(22)17(18,19)20;3*1-2/h3-9,24H,2,10-11H2,1H3;3*1-2H3. The number of rotatable bonds is 7. The van der Waals surface area contributed by atoms with Crippen LogP contribution in [0.3, 0.4) is 0 Å². The summed E-state index contributed by atoms with van der Waals surface area (Å²) in [6, 6.07) is 10.6. The quantitative estimate of drug-likeness (QED) is 0.342. The van der Waals surface area contributed by atoms with Crippen molar-refractivity contribution in [3.8, 4) is 0 Å². The summed E-state index contributed by atoms with van der Waals surface area (Å²) in [4.78, 5) is 14.6. The Morgan fingerprint density at radius 3 is 1.83 bits per heavy atom. The van der Waals surface area contributed by atoms with Gasteiger partial charge < -0.3 is 4.74 Å². The van der Waals surface area contributed by atoms with Gasteiger partial charge in [-0.25, -0.2) is 0 Å². The van der Waals surface area contributed by atoms with Crippen LogP contribution in [-0.2, 0) is 18.0 Å². The third-order valence-electron chi connectivity index (χ3n) is 3.19.